The first-order valence-electron chi connectivity index (χ1n) is 10.5. The Morgan fingerprint density at radius 3 is 2.47 bits per heavy atom. The maximum Gasteiger partial charge on any atom is 0.229 e. The number of carbonyl (C=O) groups excluding carboxylic acids is 1. The van der Waals surface area contributed by atoms with E-state index < -0.39 is 5.41 Å². The molecule has 1 N–H and O–H groups in total. The number of carbonyl (C=O) groups is 1. The van der Waals surface area contributed by atoms with Gasteiger partial charge >= 0.3 is 0 Å². The molecule has 0 radical (unpaired) electrons. The smallest absolute Gasteiger partial charge is 0.229 e. The highest BCUT2D eigenvalue weighted by Crippen LogP contribution is 2.34. The van der Waals surface area contributed by atoms with Gasteiger partial charge in [-0.05, 0) is 73.3 Å². The summed E-state index contributed by atoms with van der Waals surface area (Å²) in [5.74, 6) is -0.0697. The van der Waals surface area contributed by atoms with Gasteiger partial charge in [-0.3, -0.25) is 9.69 Å². The molecule has 3 rings (SSSR count). The predicted octanol–water partition coefficient (Wildman–Crippen LogP) is 6.36. The number of likely N-dealkylation sites (tertiary alicyclic amines) is 1. The van der Waals surface area contributed by atoms with E-state index in [1.165, 1.54) is 6.07 Å². The second-order valence-corrected chi connectivity index (χ2v) is 9.40. The molecule has 0 atom stereocenters. The van der Waals surface area contributed by atoms with Crippen LogP contribution in [0, 0.1) is 11.2 Å². The second-order valence-electron chi connectivity index (χ2n) is 8.96. The minimum absolute atomic E-state index is 0.0554. The Morgan fingerprint density at radius 2 is 1.83 bits per heavy atom. The molecule has 160 valence electrons. The molecule has 5 heteroatoms. The zero-order chi connectivity index (χ0) is 21.7. The van der Waals surface area contributed by atoms with Gasteiger partial charge in [0, 0.05) is 22.7 Å². The van der Waals surface area contributed by atoms with Gasteiger partial charge in [0.1, 0.15) is 5.82 Å². The third kappa shape index (κ3) is 6.16. The van der Waals surface area contributed by atoms with Crippen molar-refractivity contribution in [2.24, 2.45) is 5.41 Å². The lowest BCUT2D eigenvalue weighted by Crippen LogP contribution is -2.33. The molecule has 3 nitrogen and oxygen atoms in total. The van der Waals surface area contributed by atoms with E-state index in [4.69, 9.17) is 11.6 Å². The Kier molecular flexibility index (Phi) is 7.32. The zero-order valence-corrected chi connectivity index (χ0v) is 18.7. The number of rotatable bonds is 5. The van der Waals surface area contributed by atoms with Crippen molar-refractivity contribution in [2.75, 3.05) is 25.0 Å². The lowest BCUT2D eigenvalue weighted by atomic mass is 9.87. The van der Waals surface area contributed by atoms with E-state index in [1.54, 1.807) is 12.1 Å². The molecule has 1 aliphatic heterocycles. The molecule has 1 heterocycles. The first-order chi connectivity index (χ1) is 14.2. The minimum atomic E-state index is -0.495. The number of anilines is 1. The normalized spacial score (nSPS) is 16.2. The van der Waals surface area contributed by atoms with Crippen molar-refractivity contribution in [2.45, 2.75) is 39.5 Å². The number of nitrogens with one attached hydrogen (secondary N) is 1. The van der Waals surface area contributed by atoms with E-state index >= 15 is 0 Å². The van der Waals surface area contributed by atoms with Crippen LogP contribution in [-0.4, -0.2) is 30.4 Å². The SMILES string of the molecule is CC(C)(C)C(=O)Nc1ccc(F)cc1C1CCN(CC=Cc2ccc(Cl)cc2)CC1. The Morgan fingerprint density at radius 1 is 1.17 bits per heavy atom. The van der Waals surface area contributed by atoms with Crippen molar-refractivity contribution in [3.63, 3.8) is 0 Å². The molecule has 1 aliphatic rings. The highest BCUT2D eigenvalue weighted by Gasteiger charge is 2.26. The predicted molar refractivity (Wildman–Crippen MR) is 123 cm³/mol. The molecule has 0 unspecified atom stereocenters. The summed E-state index contributed by atoms with van der Waals surface area (Å²) >= 11 is 5.92. The Balaban J connectivity index is 1.59. The molecule has 0 aliphatic carbocycles. The molecule has 0 aromatic heterocycles. The fourth-order valence-electron chi connectivity index (χ4n) is 3.63. The van der Waals surface area contributed by atoms with Crippen LogP contribution in [0.2, 0.25) is 5.02 Å². The summed E-state index contributed by atoms with van der Waals surface area (Å²) in [5.41, 5.74) is 2.28. The van der Waals surface area contributed by atoms with Crippen LogP contribution in [0.15, 0.2) is 48.5 Å². The van der Waals surface area contributed by atoms with Crippen molar-refractivity contribution in [1.29, 1.82) is 0 Å². The van der Waals surface area contributed by atoms with Gasteiger partial charge in [-0.2, -0.15) is 0 Å². The number of piperidine rings is 1. The summed E-state index contributed by atoms with van der Waals surface area (Å²) in [4.78, 5) is 14.8. The quantitative estimate of drug-likeness (QED) is 0.601. The van der Waals surface area contributed by atoms with Crippen molar-refractivity contribution >= 4 is 29.3 Å². The molecular weight excluding hydrogens is 399 g/mol. The van der Waals surface area contributed by atoms with Crippen molar-refractivity contribution < 1.29 is 9.18 Å². The molecule has 0 spiro atoms. The van der Waals surface area contributed by atoms with E-state index in [-0.39, 0.29) is 17.6 Å². The number of nitrogens with zero attached hydrogens (tertiary/aromatic N) is 1. The van der Waals surface area contributed by atoms with E-state index in [9.17, 15) is 9.18 Å². The molecule has 0 saturated carbocycles. The van der Waals surface area contributed by atoms with Gasteiger partial charge in [0.25, 0.3) is 0 Å². The van der Waals surface area contributed by atoms with E-state index in [1.807, 2.05) is 45.0 Å². The highest BCUT2D eigenvalue weighted by atomic mass is 35.5. The average Bonchev–Trinajstić information content (AvgIpc) is 2.70. The standard InChI is InChI=1S/C25H30ClFN2O/c1-25(2,3)24(30)28-23-11-10-21(27)17-22(23)19-12-15-29(16-13-19)14-4-5-18-6-8-20(26)9-7-18/h4-11,17,19H,12-16H2,1-3H3,(H,28,30). The largest absolute Gasteiger partial charge is 0.325 e. The van der Waals surface area contributed by atoms with Crippen LogP contribution < -0.4 is 5.32 Å². The van der Waals surface area contributed by atoms with Crippen LogP contribution in [0.1, 0.15) is 50.7 Å². The van der Waals surface area contributed by atoms with Crippen LogP contribution >= 0.6 is 11.6 Å². The van der Waals surface area contributed by atoms with E-state index in [0.29, 0.717) is 0 Å². The number of hydrogen-bond acceptors (Lipinski definition) is 2. The summed E-state index contributed by atoms with van der Waals surface area (Å²) < 4.78 is 14.0. The summed E-state index contributed by atoms with van der Waals surface area (Å²) in [6.45, 7) is 8.40. The van der Waals surface area contributed by atoms with E-state index in [0.717, 1.165) is 54.3 Å². The lowest BCUT2D eigenvalue weighted by Gasteiger charge is -2.32. The van der Waals surface area contributed by atoms with Crippen LogP contribution in [0.3, 0.4) is 0 Å². The molecule has 1 amide bonds. The zero-order valence-electron chi connectivity index (χ0n) is 17.9. The molecule has 1 saturated heterocycles. The molecule has 2 aromatic rings. The topological polar surface area (TPSA) is 32.3 Å². The Bertz CT molecular complexity index is 894. The summed E-state index contributed by atoms with van der Waals surface area (Å²) in [6.07, 6.45) is 6.16. The number of amides is 1. The van der Waals surface area contributed by atoms with Gasteiger partial charge in [-0.25, -0.2) is 4.39 Å². The van der Waals surface area contributed by atoms with Gasteiger partial charge in [-0.15, -0.1) is 0 Å². The van der Waals surface area contributed by atoms with Gasteiger partial charge in [0.2, 0.25) is 5.91 Å². The van der Waals surface area contributed by atoms with Crippen LogP contribution in [0.5, 0.6) is 0 Å². The maximum absolute atomic E-state index is 14.0. The molecule has 0 bridgehead atoms. The first kappa shape index (κ1) is 22.5. The molecular formula is C25H30ClFN2O. The van der Waals surface area contributed by atoms with Crippen molar-refractivity contribution in [3.05, 3.63) is 70.5 Å². The van der Waals surface area contributed by atoms with Gasteiger partial charge in [0.05, 0.1) is 0 Å². The van der Waals surface area contributed by atoms with Gasteiger partial charge in [-0.1, -0.05) is 56.7 Å². The average molecular weight is 429 g/mol. The minimum Gasteiger partial charge on any atom is -0.325 e. The summed E-state index contributed by atoms with van der Waals surface area (Å²) in [6, 6.07) is 12.5. The molecule has 2 aromatic carbocycles. The fraction of sp³-hybridized carbons (Fsp3) is 0.400. The second kappa shape index (κ2) is 9.76. The third-order valence-electron chi connectivity index (χ3n) is 5.51. The number of halogens is 2. The van der Waals surface area contributed by atoms with Crippen LogP contribution in [-0.2, 0) is 4.79 Å². The number of benzene rings is 2. The Hall–Kier alpha value is -2.17. The van der Waals surface area contributed by atoms with E-state index in [2.05, 4.69) is 22.4 Å². The van der Waals surface area contributed by atoms with Crippen LogP contribution in [0.25, 0.3) is 6.08 Å². The van der Waals surface area contributed by atoms with Crippen molar-refractivity contribution in [3.8, 4) is 0 Å². The Labute approximate surface area is 183 Å². The summed E-state index contributed by atoms with van der Waals surface area (Å²) in [7, 11) is 0. The number of hydrogen-bond donors (Lipinski definition) is 1. The molecule has 1 fully saturated rings. The highest BCUT2D eigenvalue weighted by molar-refractivity contribution is 6.30. The van der Waals surface area contributed by atoms with Crippen LogP contribution in [0.4, 0.5) is 10.1 Å². The summed E-state index contributed by atoms with van der Waals surface area (Å²) in [5, 5.41) is 3.74. The monoisotopic (exact) mass is 428 g/mol. The van der Waals surface area contributed by atoms with Gasteiger partial charge < -0.3 is 5.32 Å². The van der Waals surface area contributed by atoms with Crippen molar-refractivity contribution in [1.82, 2.24) is 4.90 Å². The maximum atomic E-state index is 14.0. The van der Waals surface area contributed by atoms with Gasteiger partial charge in [0.15, 0.2) is 0 Å². The first-order valence-corrected chi connectivity index (χ1v) is 10.9. The third-order valence-corrected chi connectivity index (χ3v) is 5.77. The lowest BCUT2D eigenvalue weighted by molar-refractivity contribution is -0.123. The fourth-order valence-corrected chi connectivity index (χ4v) is 3.76. The molecule has 30 heavy (non-hydrogen) atoms.